The zero-order valence-electron chi connectivity index (χ0n) is 14.4. The van der Waals surface area contributed by atoms with Crippen LogP contribution in [0.15, 0.2) is 58.6 Å². The summed E-state index contributed by atoms with van der Waals surface area (Å²) in [6.07, 6.45) is 1.79. The summed E-state index contributed by atoms with van der Waals surface area (Å²) in [7, 11) is 0. The molecule has 0 aliphatic carbocycles. The normalized spacial score (nSPS) is 10.6. The van der Waals surface area contributed by atoms with Crippen molar-refractivity contribution in [2.45, 2.75) is 23.3 Å². The minimum absolute atomic E-state index is 0.0246. The molecule has 0 fully saturated rings. The molecule has 27 heavy (non-hydrogen) atoms. The predicted molar refractivity (Wildman–Crippen MR) is 98.8 cm³/mol. The number of pyridine rings is 1. The van der Waals surface area contributed by atoms with Gasteiger partial charge in [-0.2, -0.15) is 5.10 Å². The van der Waals surface area contributed by atoms with Gasteiger partial charge in [0, 0.05) is 29.3 Å². The van der Waals surface area contributed by atoms with Gasteiger partial charge in [0.1, 0.15) is 10.7 Å². The van der Waals surface area contributed by atoms with Crippen molar-refractivity contribution < 1.29 is 14.5 Å². The number of H-pyrrole nitrogens is 1. The first kappa shape index (κ1) is 18.6. The highest BCUT2D eigenvalue weighted by atomic mass is 32.2. The lowest BCUT2D eigenvalue weighted by Gasteiger charge is -2.03. The maximum absolute atomic E-state index is 11.8. The lowest BCUT2D eigenvalue weighted by Crippen LogP contribution is -2.04. The van der Waals surface area contributed by atoms with Gasteiger partial charge in [0.25, 0.3) is 5.69 Å². The lowest BCUT2D eigenvalue weighted by molar-refractivity contribution is -0.385. The van der Waals surface area contributed by atoms with Crippen LogP contribution in [0.2, 0.25) is 0 Å². The summed E-state index contributed by atoms with van der Waals surface area (Å²) in [4.78, 5) is 27.4. The number of nitrogens with zero attached hydrogens (tertiary/aromatic N) is 3. The highest BCUT2D eigenvalue weighted by Gasteiger charge is 2.16. The van der Waals surface area contributed by atoms with E-state index in [0.717, 1.165) is 4.90 Å². The van der Waals surface area contributed by atoms with Crippen molar-refractivity contribution in [2.24, 2.45) is 0 Å². The second-order valence-corrected chi connectivity index (χ2v) is 6.58. The number of benzene rings is 1. The maximum Gasteiger partial charge on any atom is 0.338 e. The Morgan fingerprint density at radius 2 is 2.15 bits per heavy atom. The highest BCUT2D eigenvalue weighted by Crippen LogP contribution is 2.28. The Hall–Kier alpha value is -3.20. The smallest absolute Gasteiger partial charge is 0.338 e. The van der Waals surface area contributed by atoms with E-state index in [0.29, 0.717) is 28.6 Å². The van der Waals surface area contributed by atoms with Crippen LogP contribution in [0, 0.1) is 10.1 Å². The van der Waals surface area contributed by atoms with Crippen LogP contribution in [0.4, 0.5) is 5.69 Å². The molecule has 2 aromatic heterocycles. The van der Waals surface area contributed by atoms with Crippen molar-refractivity contribution >= 4 is 23.4 Å². The molecule has 0 unspecified atom stereocenters. The zero-order valence-corrected chi connectivity index (χ0v) is 15.2. The second-order valence-electron chi connectivity index (χ2n) is 5.48. The molecule has 0 saturated heterocycles. The number of aromatic amines is 1. The number of ether oxygens (including phenoxy) is 1. The molecule has 0 aliphatic heterocycles. The van der Waals surface area contributed by atoms with Crippen LogP contribution < -0.4 is 0 Å². The SMILES string of the molecule is CCOC(=O)c1cccc(Sc2cc(Cc3ncccc3[N+](=O)[O-])[nH]n2)c1. The van der Waals surface area contributed by atoms with E-state index in [-0.39, 0.29) is 18.1 Å². The molecule has 0 aliphatic rings. The van der Waals surface area contributed by atoms with Crippen LogP contribution in [0.25, 0.3) is 0 Å². The van der Waals surface area contributed by atoms with Crippen LogP contribution in [-0.4, -0.2) is 32.7 Å². The van der Waals surface area contributed by atoms with Crippen molar-refractivity contribution in [2.75, 3.05) is 6.61 Å². The topological polar surface area (TPSA) is 111 Å². The van der Waals surface area contributed by atoms with Gasteiger partial charge in [0.15, 0.2) is 0 Å². The minimum atomic E-state index is -0.449. The van der Waals surface area contributed by atoms with E-state index in [4.69, 9.17) is 4.74 Å². The van der Waals surface area contributed by atoms with Gasteiger partial charge in [0.2, 0.25) is 0 Å². The molecule has 0 spiro atoms. The number of rotatable bonds is 7. The van der Waals surface area contributed by atoms with Gasteiger partial charge in [0.05, 0.1) is 17.1 Å². The molecule has 3 aromatic rings. The first-order valence-electron chi connectivity index (χ1n) is 8.14. The van der Waals surface area contributed by atoms with Gasteiger partial charge in [-0.3, -0.25) is 20.2 Å². The number of nitro groups is 1. The summed E-state index contributed by atoms with van der Waals surface area (Å²) < 4.78 is 5.00. The van der Waals surface area contributed by atoms with Crippen LogP contribution in [0.1, 0.15) is 28.7 Å². The van der Waals surface area contributed by atoms with E-state index >= 15 is 0 Å². The van der Waals surface area contributed by atoms with Gasteiger partial charge in [-0.15, -0.1) is 0 Å². The third kappa shape index (κ3) is 4.70. The Balaban J connectivity index is 1.73. The summed E-state index contributed by atoms with van der Waals surface area (Å²) in [6.45, 7) is 2.08. The van der Waals surface area contributed by atoms with Gasteiger partial charge in [-0.25, -0.2) is 4.79 Å². The summed E-state index contributed by atoms with van der Waals surface area (Å²) in [5.41, 5.74) is 1.53. The number of carbonyl (C=O) groups is 1. The summed E-state index contributed by atoms with van der Waals surface area (Å²) >= 11 is 1.37. The summed E-state index contributed by atoms with van der Waals surface area (Å²) in [5, 5.41) is 18.9. The monoisotopic (exact) mass is 384 g/mol. The predicted octanol–water partition coefficient (Wildman–Crippen LogP) is 3.63. The third-order valence-electron chi connectivity index (χ3n) is 3.60. The van der Waals surface area contributed by atoms with E-state index in [1.807, 2.05) is 6.07 Å². The number of nitrogens with one attached hydrogen (secondary N) is 1. The van der Waals surface area contributed by atoms with E-state index in [1.54, 1.807) is 31.2 Å². The van der Waals surface area contributed by atoms with Crippen molar-refractivity contribution in [1.29, 1.82) is 0 Å². The average Bonchev–Trinajstić information content (AvgIpc) is 3.09. The van der Waals surface area contributed by atoms with Gasteiger partial charge in [-0.05, 0) is 37.3 Å². The first-order chi connectivity index (χ1) is 13.1. The van der Waals surface area contributed by atoms with Crippen LogP contribution in [0.5, 0.6) is 0 Å². The largest absolute Gasteiger partial charge is 0.462 e. The molecule has 2 heterocycles. The Labute approximate surface area is 159 Å². The van der Waals surface area contributed by atoms with E-state index in [2.05, 4.69) is 15.2 Å². The van der Waals surface area contributed by atoms with Gasteiger partial charge in [-0.1, -0.05) is 17.8 Å². The van der Waals surface area contributed by atoms with E-state index in [1.165, 1.54) is 30.1 Å². The van der Waals surface area contributed by atoms with E-state index in [9.17, 15) is 14.9 Å². The molecule has 1 aromatic carbocycles. The third-order valence-corrected chi connectivity index (χ3v) is 4.50. The van der Waals surface area contributed by atoms with Crippen LogP contribution in [-0.2, 0) is 11.2 Å². The molecular weight excluding hydrogens is 368 g/mol. The minimum Gasteiger partial charge on any atom is -0.462 e. The Morgan fingerprint density at radius 1 is 1.30 bits per heavy atom. The molecule has 0 saturated carbocycles. The maximum atomic E-state index is 11.8. The highest BCUT2D eigenvalue weighted by molar-refractivity contribution is 7.99. The molecular formula is C18H16N4O4S. The number of carbonyl (C=O) groups excluding carboxylic acids is 1. The number of esters is 1. The fraction of sp³-hybridized carbons (Fsp3) is 0.167. The van der Waals surface area contributed by atoms with Crippen molar-refractivity contribution in [3.63, 3.8) is 0 Å². The molecule has 0 radical (unpaired) electrons. The molecule has 138 valence electrons. The van der Waals surface area contributed by atoms with Gasteiger partial charge >= 0.3 is 5.97 Å². The lowest BCUT2D eigenvalue weighted by atomic mass is 10.2. The fourth-order valence-corrected chi connectivity index (χ4v) is 3.28. The summed E-state index contributed by atoms with van der Waals surface area (Å²) in [6, 6.07) is 11.8. The van der Waals surface area contributed by atoms with Gasteiger partial charge < -0.3 is 4.74 Å². The van der Waals surface area contributed by atoms with Crippen molar-refractivity contribution in [1.82, 2.24) is 15.2 Å². The zero-order chi connectivity index (χ0) is 19.2. The quantitative estimate of drug-likeness (QED) is 0.376. The Bertz CT molecular complexity index is 973. The first-order valence-corrected chi connectivity index (χ1v) is 8.96. The van der Waals surface area contributed by atoms with Crippen LogP contribution >= 0.6 is 11.8 Å². The molecule has 0 atom stereocenters. The molecule has 3 rings (SSSR count). The standard InChI is InChI=1S/C18H16N4O4S/c1-2-26-18(23)12-5-3-6-14(9-12)27-17-11-13(20-21-17)10-15-16(22(24)25)7-4-8-19-15/h3-9,11H,2,10H2,1H3,(H,20,21). The Morgan fingerprint density at radius 3 is 2.93 bits per heavy atom. The molecule has 8 nitrogen and oxygen atoms in total. The molecule has 9 heteroatoms. The number of hydrogen-bond donors (Lipinski definition) is 1. The second kappa shape index (κ2) is 8.45. The molecule has 0 amide bonds. The fourth-order valence-electron chi connectivity index (χ4n) is 2.42. The Kier molecular flexibility index (Phi) is 5.82. The number of hydrogen-bond acceptors (Lipinski definition) is 7. The summed E-state index contributed by atoms with van der Waals surface area (Å²) in [5.74, 6) is -0.370. The van der Waals surface area contributed by atoms with Crippen molar-refractivity contribution in [3.8, 4) is 0 Å². The average molecular weight is 384 g/mol. The van der Waals surface area contributed by atoms with E-state index < -0.39 is 4.92 Å². The van der Waals surface area contributed by atoms with Crippen molar-refractivity contribution in [3.05, 3.63) is 75.7 Å². The van der Waals surface area contributed by atoms with Crippen LogP contribution in [0.3, 0.4) is 0 Å². The number of aromatic nitrogens is 3. The molecule has 1 N–H and O–H groups in total. The molecule has 0 bridgehead atoms.